The third kappa shape index (κ3) is 2.28. The Morgan fingerprint density at radius 3 is 2.76 bits per heavy atom. The lowest BCUT2D eigenvalue weighted by Gasteiger charge is -2.56. The van der Waals surface area contributed by atoms with Crippen LogP contribution in [0.25, 0.3) is 0 Å². The monoisotopic (exact) mass is 293 g/mol. The van der Waals surface area contributed by atoms with E-state index >= 15 is 0 Å². The number of rotatable bonds is 3. The average molecular weight is 293 g/mol. The minimum absolute atomic E-state index is 0.0471. The minimum atomic E-state index is -0.295. The molecule has 2 aliphatic rings. The lowest BCUT2D eigenvalue weighted by Crippen LogP contribution is -2.62. The van der Waals surface area contributed by atoms with E-state index in [4.69, 9.17) is 9.15 Å². The summed E-state index contributed by atoms with van der Waals surface area (Å²) in [6.07, 6.45) is 3.71. The predicted octanol–water partition coefficient (Wildman–Crippen LogP) is 1.98. The Morgan fingerprint density at radius 2 is 2.24 bits per heavy atom. The smallest absolute Gasteiger partial charge is 0.289 e. The van der Waals surface area contributed by atoms with Crippen LogP contribution in [0.2, 0.25) is 0 Å². The lowest BCUT2D eigenvalue weighted by atomic mass is 9.58. The maximum atomic E-state index is 12.4. The number of furan rings is 1. The van der Waals surface area contributed by atoms with E-state index in [1.807, 2.05) is 18.7 Å². The molecule has 2 atom stereocenters. The molecule has 21 heavy (non-hydrogen) atoms. The van der Waals surface area contributed by atoms with Crippen LogP contribution in [0, 0.1) is 12.3 Å². The number of aryl methyl sites for hydroxylation is 1. The van der Waals surface area contributed by atoms with E-state index in [1.165, 1.54) is 0 Å². The van der Waals surface area contributed by atoms with E-state index < -0.39 is 0 Å². The first-order valence-corrected chi connectivity index (χ1v) is 7.71. The van der Waals surface area contributed by atoms with Crippen molar-refractivity contribution in [2.45, 2.75) is 45.3 Å². The number of amides is 1. The van der Waals surface area contributed by atoms with Crippen molar-refractivity contribution >= 4 is 5.91 Å². The van der Waals surface area contributed by atoms with Gasteiger partial charge in [-0.1, -0.05) is 0 Å². The van der Waals surface area contributed by atoms with Crippen molar-refractivity contribution in [1.29, 1.82) is 0 Å². The Balaban J connectivity index is 1.65. The van der Waals surface area contributed by atoms with Gasteiger partial charge in [-0.3, -0.25) is 4.79 Å². The van der Waals surface area contributed by atoms with E-state index in [-0.39, 0.29) is 23.5 Å². The molecule has 116 valence electrons. The van der Waals surface area contributed by atoms with Crippen molar-refractivity contribution in [2.24, 2.45) is 5.41 Å². The van der Waals surface area contributed by atoms with Gasteiger partial charge in [-0.25, -0.2) is 0 Å². The molecule has 1 aliphatic carbocycles. The molecule has 1 amide bonds. The third-order valence-corrected chi connectivity index (χ3v) is 5.15. The van der Waals surface area contributed by atoms with Crippen LogP contribution in [0.4, 0.5) is 0 Å². The summed E-state index contributed by atoms with van der Waals surface area (Å²) in [5, 5.41) is 10.2. The number of likely N-dealkylation sites (tertiary alicyclic amines) is 1. The van der Waals surface area contributed by atoms with Crippen LogP contribution in [0.3, 0.4) is 0 Å². The minimum Gasteiger partial charge on any atom is -0.459 e. The van der Waals surface area contributed by atoms with E-state index in [1.54, 1.807) is 12.3 Å². The molecule has 1 aromatic rings. The van der Waals surface area contributed by atoms with Crippen LogP contribution in [0.1, 0.15) is 42.3 Å². The van der Waals surface area contributed by atoms with E-state index in [0.29, 0.717) is 25.5 Å². The first kappa shape index (κ1) is 14.6. The van der Waals surface area contributed by atoms with Gasteiger partial charge in [0, 0.05) is 37.1 Å². The molecule has 2 fully saturated rings. The number of piperidine rings is 1. The van der Waals surface area contributed by atoms with Crippen molar-refractivity contribution in [2.75, 3.05) is 19.7 Å². The highest BCUT2D eigenvalue weighted by Crippen LogP contribution is 2.51. The summed E-state index contributed by atoms with van der Waals surface area (Å²) in [5.74, 6) is 0.385. The van der Waals surface area contributed by atoms with Gasteiger partial charge in [0.05, 0.1) is 18.5 Å². The van der Waals surface area contributed by atoms with Gasteiger partial charge in [0.25, 0.3) is 5.91 Å². The predicted molar refractivity (Wildman–Crippen MR) is 77.1 cm³/mol. The fraction of sp³-hybridized carbons (Fsp3) is 0.688. The second-order valence-corrected chi connectivity index (χ2v) is 6.15. The number of carbonyl (C=O) groups is 1. The summed E-state index contributed by atoms with van der Waals surface area (Å²) in [6, 6.07) is 1.81. The topological polar surface area (TPSA) is 62.9 Å². The number of hydrogen-bond donors (Lipinski definition) is 1. The molecule has 1 spiro atoms. The van der Waals surface area contributed by atoms with Crippen LogP contribution in [-0.4, -0.2) is 47.8 Å². The summed E-state index contributed by atoms with van der Waals surface area (Å²) < 4.78 is 11.0. The fourth-order valence-corrected chi connectivity index (χ4v) is 3.68. The molecule has 5 nitrogen and oxygen atoms in total. The highest BCUT2D eigenvalue weighted by molar-refractivity contribution is 5.92. The number of carbonyl (C=O) groups excluding carboxylic acids is 1. The zero-order valence-electron chi connectivity index (χ0n) is 12.7. The number of aliphatic hydroxyl groups excluding tert-OH is 1. The molecule has 0 radical (unpaired) electrons. The Labute approximate surface area is 124 Å². The molecular formula is C16H23NO4. The highest BCUT2D eigenvalue weighted by atomic mass is 16.5. The number of nitrogens with zero attached hydrogens (tertiary/aromatic N) is 1. The first-order valence-electron chi connectivity index (χ1n) is 7.71. The quantitative estimate of drug-likeness (QED) is 0.925. The van der Waals surface area contributed by atoms with Crippen LogP contribution in [-0.2, 0) is 4.74 Å². The zero-order chi connectivity index (χ0) is 15.0. The highest BCUT2D eigenvalue weighted by Gasteiger charge is 2.56. The van der Waals surface area contributed by atoms with Crippen LogP contribution >= 0.6 is 0 Å². The maximum Gasteiger partial charge on any atom is 0.289 e. The molecule has 2 heterocycles. The van der Waals surface area contributed by atoms with Crippen LogP contribution < -0.4 is 0 Å². The van der Waals surface area contributed by atoms with Gasteiger partial charge < -0.3 is 19.2 Å². The second kappa shape index (κ2) is 5.46. The lowest BCUT2D eigenvalue weighted by molar-refractivity contribution is -0.207. The standard InChI is InChI=1S/C16H23NO4/c1-3-20-13-10-12(18)16(13)5-7-17(8-6-16)15(19)14-11(2)4-9-21-14/h4,9,12-13,18H,3,5-8,10H2,1-2H3. The molecule has 1 N–H and O–H groups in total. The second-order valence-electron chi connectivity index (χ2n) is 6.15. The summed E-state index contributed by atoms with van der Waals surface area (Å²) in [5.41, 5.74) is 0.724. The van der Waals surface area contributed by atoms with E-state index in [9.17, 15) is 9.90 Å². The molecule has 1 saturated heterocycles. The van der Waals surface area contributed by atoms with E-state index in [0.717, 1.165) is 24.8 Å². The molecular weight excluding hydrogens is 270 g/mol. The first-order chi connectivity index (χ1) is 10.1. The SMILES string of the molecule is CCOC1CC(O)C12CCN(C(=O)c1occc1C)CC2. The van der Waals surface area contributed by atoms with Gasteiger partial charge in [0.15, 0.2) is 5.76 Å². The Hall–Kier alpha value is -1.33. The van der Waals surface area contributed by atoms with Crippen molar-refractivity contribution in [1.82, 2.24) is 4.90 Å². The van der Waals surface area contributed by atoms with Gasteiger partial charge in [-0.05, 0) is 32.8 Å². The van der Waals surface area contributed by atoms with Gasteiger partial charge in [-0.2, -0.15) is 0 Å². The van der Waals surface area contributed by atoms with Gasteiger partial charge in [0.2, 0.25) is 0 Å². The Bertz CT molecular complexity index is 514. The van der Waals surface area contributed by atoms with E-state index in [2.05, 4.69) is 0 Å². The molecule has 0 aromatic carbocycles. The molecule has 0 bridgehead atoms. The van der Waals surface area contributed by atoms with Crippen LogP contribution in [0.15, 0.2) is 16.7 Å². The maximum absolute atomic E-state index is 12.4. The number of aliphatic hydroxyl groups is 1. The average Bonchev–Trinajstić information content (AvgIpc) is 2.92. The molecule has 1 saturated carbocycles. The normalized spacial score (nSPS) is 27.7. The Morgan fingerprint density at radius 1 is 1.52 bits per heavy atom. The number of hydrogen-bond acceptors (Lipinski definition) is 4. The van der Waals surface area contributed by atoms with Crippen molar-refractivity contribution in [3.05, 3.63) is 23.7 Å². The third-order valence-electron chi connectivity index (χ3n) is 5.15. The zero-order valence-corrected chi connectivity index (χ0v) is 12.7. The summed E-state index contributed by atoms with van der Waals surface area (Å²) in [7, 11) is 0. The van der Waals surface area contributed by atoms with Crippen LogP contribution in [0.5, 0.6) is 0 Å². The summed E-state index contributed by atoms with van der Waals surface area (Å²) in [4.78, 5) is 14.3. The fourth-order valence-electron chi connectivity index (χ4n) is 3.68. The summed E-state index contributed by atoms with van der Waals surface area (Å²) >= 11 is 0. The van der Waals surface area contributed by atoms with Gasteiger partial charge in [-0.15, -0.1) is 0 Å². The Kier molecular flexibility index (Phi) is 3.80. The molecule has 2 unspecified atom stereocenters. The van der Waals surface area contributed by atoms with Crippen molar-refractivity contribution in [3.8, 4) is 0 Å². The molecule has 5 heteroatoms. The largest absolute Gasteiger partial charge is 0.459 e. The van der Waals surface area contributed by atoms with Crippen molar-refractivity contribution < 1.29 is 19.1 Å². The van der Waals surface area contributed by atoms with Gasteiger partial charge in [0.1, 0.15) is 0 Å². The summed E-state index contributed by atoms with van der Waals surface area (Å²) in [6.45, 7) is 5.84. The molecule has 3 rings (SSSR count). The number of ether oxygens (including phenoxy) is 1. The van der Waals surface area contributed by atoms with Gasteiger partial charge >= 0.3 is 0 Å². The molecule has 1 aliphatic heterocycles. The van der Waals surface area contributed by atoms with Crippen molar-refractivity contribution in [3.63, 3.8) is 0 Å². The molecule has 1 aromatic heterocycles.